The van der Waals surface area contributed by atoms with Crippen molar-refractivity contribution in [3.05, 3.63) is 67.4 Å². The van der Waals surface area contributed by atoms with Gasteiger partial charge in [-0.05, 0) is 74.0 Å². The fourth-order valence-corrected chi connectivity index (χ4v) is 5.27. The normalized spacial score (nSPS) is 14.3. The minimum Gasteiger partial charge on any atom is -0.328 e. The number of rotatable bonds is 2. The minimum atomic E-state index is -0.437. The van der Waals surface area contributed by atoms with E-state index in [-0.39, 0.29) is 16.8 Å². The molecule has 5 rings (SSSR count). The summed E-state index contributed by atoms with van der Waals surface area (Å²) in [4.78, 5) is 25.8. The van der Waals surface area contributed by atoms with Crippen molar-refractivity contribution in [1.82, 2.24) is 8.94 Å². The van der Waals surface area contributed by atoms with Crippen LogP contribution in [-0.4, -0.2) is 8.94 Å². The van der Waals surface area contributed by atoms with Gasteiger partial charge in [0, 0.05) is 17.0 Å². The van der Waals surface area contributed by atoms with Crippen LogP contribution in [0.1, 0.15) is 35.6 Å². The average Bonchev–Trinajstić information content (AvgIpc) is 3.38. The SMILES string of the molecule is Cc1cc(C)c(-c2cc3c(cc2F)c(=O)c2c(=O)[nH]sc2n3C2CC2)c(C)c1. The quantitative estimate of drug-likeness (QED) is 0.522. The molecule has 0 atom stereocenters. The Labute approximate surface area is 164 Å². The molecule has 1 N–H and O–H groups in total. The van der Waals surface area contributed by atoms with E-state index in [1.807, 2.05) is 32.9 Å². The van der Waals surface area contributed by atoms with Gasteiger partial charge in [0.05, 0.1) is 5.52 Å². The summed E-state index contributed by atoms with van der Waals surface area (Å²) in [6, 6.07) is 7.43. The molecular weight excluding hydrogens is 375 g/mol. The Bertz CT molecular complexity index is 1380. The van der Waals surface area contributed by atoms with E-state index >= 15 is 4.39 Å². The molecule has 0 aliphatic heterocycles. The van der Waals surface area contributed by atoms with Crippen molar-refractivity contribution in [1.29, 1.82) is 0 Å². The number of aryl methyl sites for hydroxylation is 3. The number of halogens is 1. The number of aromatic nitrogens is 2. The number of hydrogen-bond acceptors (Lipinski definition) is 3. The molecule has 4 aromatic rings. The Morgan fingerprint density at radius 1 is 1.07 bits per heavy atom. The molecule has 2 heterocycles. The number of nitrogens with one attached hydrogen (secondary N) is 1. The predicted octanol–water partition coefficient (Wildman–Crippen LogP) is 4.97. The molecule has 4 nitrogen and oxygen atoms in total. The van der Waals surface area contributed by atoms with E-state index in [1.165, 1.54) is 17.6 Å². The first-order valence-electron chi connectivity index (χ1n) is 9.34. The number of pyridine rings is 1. The first-order valence-corrected chi connectivity index (χ1v) is 10.2. The smallest absolute Gasteiger partial charge is 0.271 e. The topological polar surface area (TPSA) is 54.9 Å². The van der Waals surface area contributed by atoms with Gasteiger partial charge in [-0.15, -0.1) is 0 Å². The summed E-state index contributed by atoms with van der Waals surface area (Å²) < 4.78 is 19.9. The number of benzene rings is 2. The molecule has 0 saturated heterocycles. The Hall–Kier alpha value is -2.73. The number of H-pyrrole nitrogens is 1. The lowest BCUT2D eigenvalue weighted by Crippen LogP contribution is -2.15. The zero-order valence-corrected chi connectivity index (χ0v) is 16.7. The number of hydrogen-bond donors (Lipinski definition) is 1. The maximum atomic E-state index is 15.2. The molecule has 1 aliphatic carbocycles. The number of fused-ring (bicyclic) bond motifs is 2. The predicted molar refractivity (Wildman–Crippen MR) is 112 cm³/mol. The lowest BCUT2D eigenvalue weighted by atomic mass is 9.92. The second kappa shape index (κ2) is 5.88. The van der Waals surface area contributed by atoms with Crippen LogP contribution in [0.2, 0.25) is 0 Å². The summed E-state index contributed by atoms with van der Waals surface area (Å²) in [5.74, 6) is -0.437. The third kappa shape index (κ3) is 2.41. The van der Waals surface area contributed by atoms with Crippen LogP contribution in [0.15, 0.2) is 33.9 Å². The maximum Gasteiger partial charge on any atom is 0.271 e. The van der Waals surface area contributed by atoms with Crippen molar-refractivity contribution in [2.45, 2.75) is 39.7 Å². The van der Waals surface area contributed by atoms with Crippen LogP contribution >= 0.6 is 11.5 Å². The minimum absolute atomic E-state index is 0.138. The van der Waals surface area contributed by atoms with Crippen LogP contribution in [0, 0.1) is 26.6 Å². The number of nitrogens with zero attached hydrogens (tertiary/aromatic N) is 1. The third-order valence-electron chi connectivity index (χ3n) is 5.58. The highest BCUT2D eigenvalue weighted by atomic mass is 32.1. The van der Waals surface area contributed by atoms with Gasteiger partial charge in [-0.1, -0.05) is 17.7 Å². The highest BCUT2D eigenvalue weighted by Gasteiger charge is 2.29. The van der Waals surface area contributed by atoms with E-state index < -0.39 is 16.8 Å². The van der Waals surface area contributed by atoms with Crippen LogP contribution in [0.5, 0.6) is 0 Å². The van der Waals surface area contributed by atoms with E-state index in [0.717, 1.165) is 35.1 Å². The second-order valence-corrected chi connectivity index (χ2v) is 8.56. The van der Waals surface area contributed by atoms with Crippen molar-refractivity contribution in [2.24, 2.45) is 0 Å². The zero-order chi connectivity index (χ0) is 19.7. The van der Waals surface area contributed by atoms with E-state index in [0.29, 0.717) is 15.9 Å². The van der Waals surface area contributed by atoms with Crippen molar-refractivity contribution < 1.29 is 4.39 Å². The lowest BCUT2D eigenvalue weighted by molar-refractivity contribution is 0.632. The molecule has 2 aromatic carbocycles. The Morgan fingerprint density at radius 2 is 1.75 bits per heavy atom. The van der Waals surface area contributed by atoms with E-state index in [4.69, 9.17) is 0 Å². The van der Waals surface area contributed by atoms with Gasteiger partial charge in [0.15, 0.2) is 0 Å². The van der Waals surface area contributed by atoms with Gasteiger partial charge in [-0.25, -0.2) is 4.39 Å². The molecule has 6 heteroatoms. The summed E-state index contributed by atoms with van der Waals surface area (Å²) in [5, 5.41) is 0.409. The van der Waals surface area contributed by atoms with Crippen molar-refractivity contribution >= 4 is 32.7 Å². The van der Waals surface area contributed by atoms with Crippen LogP contribution in [0.25, 0.3) is 32.2 Å². The van der Waals surface area contributed by atoms with Gasteiger partial charge in [-0.3, -0.25) is 14.0 Å². The zero-order valence-electron chi connectivity index (χ0n) is 15.9. The molecule has 1 fully saturated rings. The molecule has 0 unspecified atom stereocenters. The summed E-state index contributed by atoms with van der Waals surface area (Å²) >= 11 is 1.18. The van der Waals surface area contributed by atoms with Crippen molar-refractivity contribution in [3.63, 3.8) is 0 Å². The molecule has 0 radical (unpaired) electrons. The van der Waals surface area contributed by atoms with Crippen LogP contribution < -0.4 is 11.0 Å². The monoisotopic (exact) mass is 394 g/mol. The van der Waals surface area contributed by atoms with Gasteiger partial charge in [-0.2, -0.15) is 0 Å². The summed E-state index contributed by atoms with van der Waals surface area (Å²) in [6.45, 7) is 5.98. The Kier molecular flexibility index (Phi) is 3.65. The first kappa shape index (κ1) is 17.4. The summed E-state index contributed by atoms with van der Waals surface area (Å²) in [7, 11) is 0. The van der Waals surface area contributed by atoms with Crippen LogP contribution in [0.4, 0.5) is 4.39 Å². The molecule has 2 aromatic heterocycles. The van der Waals surface area contributed by atoms with Crippen LogP contribution in [0.3, 0.4) is 0 Å². The molecule has 0 amide bonds. The standard InChI is InChI=1S/C22H19FN2O2S/c1-10-6-11(2)18(12(3)7-10)14-9-17-15(8-16(14)23)20(26)19-21(27)24-28-22(19)25(17)13-4-5-13/h6-9,13H,4-5H2,1-3H3,(H,24,27). The fourth-order valence-electron chi connectivity index (χ4n) is 4.34. The van der Waals surface area contributed by atoms with Crippen LogP contribution in [-0.2, 0) is 0 Å². The van der Waals surface area contributed by atoms with Crippen molar-refractivity contribution in [3.8, 4) is 11.1 Å². The van der Waals surface area contributed by atoms with E-state index in [2.05, 4.69) is 8.94 Å². The van der Waals surface area contributed by atoms with Gasteiger partial charge in [0.2, 0.25) is 5.43 Å². The van der Waals surface area contributed by atoms with Gasteiger partial charge in [0.1, 0.15) is 16.0 Å². The molecule has 0 bridgehead atoms. The second-order valence-electron chi connectivity index (χ2n) is 7.77. The largest absolute Gasteiger partial charge is 0.328 e. The molecule has 1 aliphatic rings. The molecular formula is C22H19FN2O2S. The Morgan fingerprint density at radius 3 is 2.39 bits per heavy atom. The maximum absolute atomic E-state index is 15.2. The first-order chi connectivity index (χ1) is 13.4. The van der Waals surface area contributed by atoms with Gasteiger partial charge in [0.25, 0.3) is 5.56 Å². The van der Waals surface area contributed by atoms with Gasteiger partial charge < -0.3 is 4.57 Å². The number of aromatic amines is 1. The fraction of sp³-hybridized carbons (Fsp3) is 0.273. The van der Waals surface area contributed by atoms with E-state index in [9.17, 15) is 9.59 Å². The molecule has 28 heavy (non-hydrogen) atoms. The average molecular weight is 394 g/mol. The molecule has 0 spiro atoms. The van der Waals surface area contributed by atoms with Gasteiger partial charge >= 0.3 is 0 Å². The molecule has 142 valence electrons. The third-order valence-corrected chi connectivity index (χ3v) is 6.46. The van der Waals surface area contributed by atoms with Crippen molar-refractivity contribution in [2.75, 3.05) is 0 Å². The summed E-state index contributed by atoms with van der Waals surface area (Å²) in [5.41, 5.74) is 4.41. The lowest BCUT2D eigenvalue weighted by Gasteiger charge is -2.16. The molecule has 1 saturated carbocycles. The summed E-state index contributed by atoms with van der Waals surface area (Å²) in [6.07, 6.45) is 1.99. The van der Waals surface area contributed by atoms with E-state index in [1.54, 1.807) is 6.07 Å². The Balaban J connectivity index is 1.94. The highest BCUT2D eigenvalue weighted by molar-refractivity contribution is 7.12. The highest BCUT2D eigenvalue weighted by Crippen LogP contribution is 2.41.